The minimum Gasteiger partial charge on any atom is -0.480 e. The summed E-state index contributed by atoms with van der Waals surface area (Å²) in [5.41, 5.74) is 0. The van der Waals surface area contributed by atoms with Crippen molar-refractivity contribution in [1.82, 2.24) is 10.2 Å². The molecule has 2 atom stereocenters. The Bertz CT molecular complexity index is 331. The molecule has 0 aromatic heterocycles. The Morgan fingerprint density at radius 2 is 2.06 bits per heavy atom. The van der Waals surface area contributed by atoms with Crippen molar-refractivity contribution < 1.29 is 14.7 Å². The first kappa shape index (κ1) is 13.5. The van der Waals surface area contributed by atoms with Gasteiger partial charge in [-0.15, -0.1) is 11.8 Å². The third kappa shape index (κ3) is 2.91. The SMILES string of the molecule is CC(NC(=O)N1CSC[C@H]1C(=O)O)C1CCCC1. The standard InChI is InChI=1S/C12H20N2O3S/c1-8(9-4-2-3-5-9)13-12(17)14-7-18-6-10(14)11(15)16/h8-10H,2-7H2,1H3,(H,13,17)(H,15,16)/t8?,10-/m0/s1. The molecule has 0 radical (unpaired) electrons. The molecule has 1 aliphatic carbocycles. The van der Waals surface area contributed by atoms with Crippen molar-refractivity contribution in [3.8, 4) is 0 Å². The fourth-order valence-electron chi connectivity index (χ4n) is 2.70. The van der Waals surface area contributed by atoms with Crippen molar-refractivity contribution in [2.75, 3.05) is 11.6 Å². The first-order valence-electron chi connectivity index (χ1n) is 6.47. The largest absolute Gasteiger partial charge is 0.480 e. The van der Waals surface area contributed by atoms with Crippen LogP contribution in [0.2, 0.25) is 0 Å². The second kappa shape index (κ2) is 5.82. The van der Waals surface area contributed by atoms with Crippen LogP contribution in [0.25, 0.3) is 0 Å². The highest BCUT2D eigenvalue weighted by molar-refractivity contribution is 7.99. The molecule has 2 fully saturated rings. The molecule has 1 unspecified atom stereocenters. The highest BCUT2D eigenvalue weighted by Crippen LogP contribution is 2.28. The predicted octanol–water partition coefficient (Wildman–Crippen LogP) is 1.73. The Kier molecular flexibility index (Phi) is 4.37. The fraction of sp³-hybridized carbons (Fsp3) is 0.833. The second-order valence-corrected chi connectivity index (χ2v) is 6.11. The minimum absolute atomic E-state index is 0.139. The molecule has 1 heterocycles. The average Bonchev–Trinajstić information content (AvgIpc) is 3.00. The highest BCUT2D eigenvalue weighted by Gasteiger charge is 2.35. The van der Waals surface area contributed by atoms with Crippen molar-refractivity contribution in [2.45, 2.75) is 44.7 Å². The van der Waals surface area contributed by atoms with E-state index in [4.69, 9.17) is 5.11 Å². The summed E-state index contributed by atoms with van der Waals surface area (Å²) in [6.07, 6.45) is 4.81. The fourth-order valence-corrected chi connectivity index (χ4v) is 3.85. The number of rotatable bonds is 3. The van der Waals surface area contributed by atoms with Gasteiger partial charge in [-0.25, -0.2) is 9.59 Å². The highest BCUT2D eigenvalue weighted by atomic mass is 32.2. The van der Waals surface area contributed by atoms with E-state index < -0.39 is 12.0 Å². The van der Waals surface area contributed by atoms with Gasteiger partial charge in [0.2, 0.25) is 0 Å². The molecule has 1 aliphatic heterocycles. The normalized spacial score (nSPS) is 26.3. The topological polar surface area (TPSA) is 69.6 Å². The number of thioether (sulfide) groups is 1. The molecule has 2 rings (SSSR count). The van der Waals surface area contributed by atoms with Crippen LogP contribution in [0, 0.1) is 5.92 Å². The molecule has 0 aromatic carbocycles. The van der Waals surface area contributed by atoms with Crippen LogP contribution in [0.1, 0.15) is 32.6 Å². The monoisotopic (exact) mass is 272 g/mol. The quantitative estimate of drug-likeness (QED) is 0.821. The van der Waals surface area contributed by atoms with Crippen LogP contribution in [0.15, 0.2) is 0 Å². The summed E-state index contributed by atoms with van der Waals surface area (Å²) in [7, 11) is 0. The van der Waals surface area contributed by atoms with E-state index in [0.717, 1.165) is 0 Å². The molecule has 0 spiro atoms. The number of carboxylic acid groups (broad SMARTS) is 1. The van der Waals surface area contributed by atoms with Gasteiger partial charge in [-0.3, -0.25) is 0 Å². The van der Waals surface area contributed by atoms with E-state index in [1.807, 2.05) is 6.92 Å². The average molecular weight is 272 g/mol. The summed E-state index contributed by atoms with van der Waals surface area (Å²) in [6.45, 7) is 2.02. The Morgan fingerprint density at radius 1 is 1.39 bits per heavy atom. The lowest BCUT2D eigenvalue weighted by Gasteiger charge is -2.26. The van der Waals surface area contributed by atoms with Crippen molar-refractivity contribution in [3.05, 3.63) is 0 Å². The van der Waals surface area contributed by atoms with Gasteiger partial charge in [0, 0.05) is 11.8 Å². The van der Waals surface area contributed by atoms with E-state index in [1.165, 1.54) is 42.3 Å². The third-order valence-corrected chi connectivity index (χ3v) is 4.90. The minimum atomic E-state index is -0.913. The number of carboxylic acids is 1. The van der Waals surface area contributed by atoms with Crippen LogP contribution in [-0.4, -0.2) is 45.7 Å². The lowest BCUT2D eigenvalue weighted by molar-refractivity contribution is -0.140. The number of aliphatic carboxylic acids is 1. The van der Waals surface area contributed by atoms with Gasteiger partial charge >= 0.3 is 12.0 Å². The van der Waals surface area contributed by atoms with Crippen LogP contribution in [-0.2, 0) is 4.79 Å². The Labute approximate surface area is 111 Å². The summed E-state index contributed by atoms with van der Waals surface area (Å²) in [4.78, 5) is 24.5. The molecule has 2 amide bonds. The molecular weight excluding hydrogens is 252 g/mol. The van der Waals surface area contributed by atoms with Gasteiger partial charge < -0.3 is 15.3 Å². The van der Waals surface area contributed by atoms with E-state index in [0.29, 0.717) is 17.5 Å². The lowest BCUT2D eigenvalue weighted by Crippen LogP contribution is -2.50. The van der Waals surface area contributed by atoms with Crippen molar-refractivity contribution in [3.63, 3.8) is 0 Å². The van der Waals surface area contributed by atoms with Gasteiger partial charge in [-0.1, -0.05) is 12.8 Å². The lowest BCUT2D eigenvalue weighted by atomic mass is 10.00. The number of carbonyl (C=O) groups is 2. The van der Waals surface area contributed by atoms with E-state index in [9.17, 15) is 9.59 Å². The Morgan fingerprint density at radius 3 is 2.67 bits per heavy atom. The van der Waals surface area contributed by atoms with Crippen LogP contribution < -0.4 is 5.32 Å². The molecule has 0 bridgehead atoms. The molecule has 1 saturated heterocycles. The van der Waals surface area contributed by atoms with Gasteiger partial charge in [0.1, 0.15) is 6.04 Å². The van der Waals surface area contributed by atoms with E-state index >= 15 is 0 Å². The van der Waals surface area contributed by atoms with E-state index in [1.54, 1.807) is 0 Å². The molecular formula is C12H20N2O3S. The number of amides is 2. The molecule has 2 aliphatic rings. The first-order chi connectivity index (χ1) is 8.59. The van der Waals surface area contributed by atoms with Crippen LogP contribution in [0.5, 0.6) is 0 Å². The summed E-state index contributed by atoms with van der Waals surface area (Å²) < 4.78 is 0. The maximum Gasteiger partial charge on any atom is 0.327 e. The van der Waals surface area contributed by atoms with Crippen molar-refractivity contribution >= 4 is 23.8 Å². The Balaban J connectivity index is 1.88. The third-order valence-electron chi connectivity index (χ3n) is 3.89. The molecule has 0 aromatic rings. The predicted molar refractivity (Wildman–Crippen MR) is 70.5 cm³/mol. The molecule has 102 valence electrons. The number of urea groups is 1. The summed E-state index contributed by atoms with van der Waals surface area (Å²) in [5, 5.41) is 12.0. The maximum absolute atomic E-state index is 12.1. The van der Waals surface area contributed by atoms with Crippen LogP contribution in [0.4, 0.5) is 4.79 Å². The van der Waals surface area contributed by atoms with Crippen molar-refractivity contribution in [1.29, 1.82) is 0 Å². The molecule has 5 nitrogen and oxygen atoms in total. The zero-order chi connectivity index (χ0) is 13.1. The van der Waals surface area contributed by atoms with Crippen LogP contribution >= 0.6 is 11.8 Å². The number of hydrogen-bond acceptors (Lipinski definition) is 3. The van der Waals surface area contributed by atoms with Gasteiger partial charge in [0.25, 0.3) is 0 Å². The van der Waals surface area contributed by atoms with Gasteiger partial charge in [0.15, 0.2) is 0 Å². The van der Waals surface area contributed by atoms with Gasteiger partial charge in [-0.2, -0.15) is 0 Å². The van der Waals surface area contributed by atoms with Gasteiger partial charge in [-0.05, 0) is 25.7 Å². The van der Waals surface area contributed by atoms with Gasteiger partial charge in [0.05, 0.1) is 5.88 Å². The van der Waals surface area contributed by atoms with Crippen LogP contribution in [0.3, 0.4) is 0 Å². The number of hydrogen-bond donors (Lipinski definition) is 2. The number of nitrogens with one attached hydrogen (secondary N) is 1. The molecule has 1 saturated carbocycles. The Hall–Kier alpha value is -0.910. The van der Waals surface area contributed by atoms with E-state index in [-0.39, 0.29) is 12.1 Å². The maximum atomic E-state index is 12.1. The van der Waals surface area contributed by atoms with E-state index in [2.05, 4.69) is 5.32 Å². The second-order valence-electron chi connectivity index (χ2n) is 5.11. The zero-order valence-corrected chi connectivity index (χ0v) is 11.4. The molecule has 6 heteroatoms. The molecule has 2 N–H and O–H groups in total. The number of carbonyl (C=O) groups excluding carboxylic acids is 1. The number of nitrogens with zero attached hydrogens (tertiary/aromatic N) is 1. The summed E-state index contributed by atoms with van der Waals surface area (Å²) in [6, 6.07) is -0.766. The smallest absolute Gasteiger partial charge is 0.327 e. The first-order valence-corrected chi connectivity index (χ1v) is 7.62. The summed E-state index contributed by atoms with van der Waals surface area (Å²) in [5.74, 6) is 0.594. The zero-order valence-electron chi connectivity index (χ0n) is 10.6. The van der Waals surface area contributed by atoms with Crippen molar-refractivity contribution in [2.24, 2.45) is 5.92 Å². The molecule has 18 heavy (non-hydrogen) atoms. The summed E-state index contributed by atoms with van der Waals surface area (Å²) >= 11 is 1.49.